The van der Waals surface area contributed by atoms with E-state index in [0.717, 1.165) is 12.0 Å². The molecule has 2 aromatic rings. The summed E-state index contributed by atoms with van der Waals surface area (Å²) in [6.45, 7) is 1.49. The molecule has 1 N–H and O–H groups in total. The largest absolute Gasteiger partial charge is 0.490 e. The predicted molar refractivity (Wildman–Crippen MR) is 104 cm³/mol. The molecule has 1 fully saturated rings. The van der Waals surface area contributed by atoms with E-state index in [-0.39, 0.29) is 19.1 Å². The van der Waals surface area contributed by atoms with Crippen LogP contribution in [0.5, 0.6) is 5.75 Å². The van der Waals surface area contributed by atoms with Gasteiger partial charge in [0.25, 0.3) is 5.91 Å². The Balaban J connectivity index is 1.62. The fraction of sp³-hybridized carbons (Fsp3) is 0.381. The van der Waals surface area contributed by atoms with E-state index >= 15 is 0 Å². The lowest BCUT2D eigenvalue weighted by Gasteiger charge is -2.39. The van der Waals surface area contributed by atoms with Gasteiger partial charge in [0.05, 0.1) is 13.2 Å². The molecule has 1 unspecified atom stereocenters. The first kappa shape index (κ1) is 19.7. The minimum Gasteiger partial charge on any atom is -0.490 e. The summed E-state index contributed by atoms with van der Waals surface area (Å²) in [5.41, 5.74) is 0.542. The van der Waals surface area contributed by atoms with Crippen molar-refractivity contribution in [1.82, 2.24) is 4.90 Å². The maximum absolute atomic E-state index is 12.8. The van der Waals surface area contributed by atoms with E-state index in [1.807, 2.05) is 12.1 Å². The Bertz CT molecular complexity index is 780. The molecule has 1 aliphatic heterocycles. The lowest BCUT2D eigenvalue weighted by molar-refractivity contribution is -0.0532. The molecule has 0 aliphatic carbocycles. The van der Waals surface area contributed by atoms with Crippen LogP contribution in [0.4, 0.5) is 0 Å². The maximum atomic E-state index is 12.8. The number of hydrogen-bond donors (Lipinski definition) is 1. The molecule has 1 saturated heterocycles. The number of carbonyl (C=O) groups excluding carboxylic acids is 1. The number of methoxy groups -OCH3 is 1. The Morgan fingerprint density at radius 1 is 1.26 bits per heavy atom. The number of amides is 1. The number of piperidine rings is 1. The van der Waals surface area contributed by atoms with Crippen LogP contribution in [0.2, 0.25) is 5.02 Å². The number of carbonyl (C=O) groups is 1. The molecule has 0 spiro atoms. The quantitative estimate of drug-likeness (QED) is 0.821. The molecule has 1 heterocycles. The molecule has 2 aromatic carbocycles. The zero-order valence-corrected chi connectivity index (χ0v) is 16.1. The van der Waals surface area contributed by atoms with Gasteiger partial charge >= 0.3 is 0 Å². The summed E-state index contributed by atoms with van der Waals surface area (Å²) in [4.78, 5) is 14.5. The number of aliphatic hydroxyl groups is 1. The summed E-state index contributed by atoms with van der Waals surface area (Å²) in [6, 6.07) is 14.4. The van der Waals surface area contributed by atoms with Gasteiger partial charge in [-0.15, -0.1) is 0 Å². The standard InChI is InChI=1S/C21H24ClNO4/c1-26-13-16-6-8-17(9-7-16)20(24)23-11-3-10-21(25,14-23)15-27-19-5-2-4-18(22)12-19/h2,4-9,12,25H,3,10-11,13-15H2,1H3. The second-order valence-electron chi connectivity index (χ2n) is 6.93. The van der Waals surface area contributed by atoms with E-state index in [0.29, 0.717) is 35.9 Å². The third-order valence-electron chi connectivity index (χ3n) is 4.66. The highest BCUT2D eigenvalue weighted by Crippen LogP contribution is 2.25. The van der Waals surface area contributed by atoms with E-state index in [9.17, 15) is 9.90 Å². The van der Waals surface area contributed by atoms with Gasteiger partial charge in [0, 0.05) is 24.2 Å². The Labute approximate surface area is 164 Å². The van der Waals surface area contributed by atoms with Gasteiger partial charge in [-0.2, -0.15) is 0 Å². The summed E-state index contributed by atoms with van der Waals surface area (Å²) < 4.78 is 10.8. The highest BCUT2D eigenvalue weighted by Gasteiger charge is 2.36. The van der Waals surface area contributed by atoms with Crippen molar-refractivity contribution in [3.05, 3.63) is 64.7 Å². The smallest absolute Gasteiger partial charge is 0.253 e. The lowest BCUT2D eigenvalue weighted by Crippen LogP contribution is -2.53. The van der Waals surface area contributed by atoms with Crippen LogP contribution in [0.3, 0.4) is 0 Å². The molecule has 0 aromatic heterocycles. The number of hydrogen-bond acceptors (Lipinski definition) is 4. The van der Waals surface area contributed by atoms with Crippen LogP contribution in [0.1, 0.15) is 28.8 Å². The number of β-amino-alcohol motifs (C(OH)–C–C–N with tert-alkyl or cyclic N) is 1. The van der Waals surface area contributed by atoms with Crippen molar-refractivity contribution in [2.45, 2.75) is 25.0 Å². The Hall–Kier alpha value is -2.08. The third-order valence-corrected chi connectivity index (χ3v) is 4.89. The van der Waals surface area contributed by atoms with Crippen LogP contribution in [0.25, 0.3) is 0 Å². The number of ether oxygens (including phenoxy) is 2. The Kier molecular flexibility index (Phi) is 6.37. The first-order chi connectivity index (χ1) is 13.0. The second-order valence-corrected chi connectivity index (χ2v) is 7.37. The Morgan fingerprint density at radius 2 is 2.04 bits per heavy atom. The molecular formula is C21H24ClNO4. The second kappa shape index (κ2) is 8.74. The number of nitrogens with zero attached hydrogens (tertiary/aromatic N) is 1. The lowest BCUT2D eigenvalue weighted by atomic mass is 9.93. The third kappa shape index (κ3) is 5.22. The van der Waals surface area contributed by atoms with Crippen molar-refractivity contribution in [1.29, 1.82) is 0 Å². The molecule has 0 saturated carbocycles. The highest BCUT2D eigenvalue weighted by molar-refractivity contribution is 6.30. The van der Waals surface area contributed by atoms with Gasteiger partial charge in [-0.3, -0.25) is 4.79 Å². The molecule has 1 aliphatic rings. The van der Waals surface area contributed by atoms with Gasteiger partial charge in [-0.05, 0) is 48.7 Å². The minimum absolute atomic E-state index is 0.0835. The van der Waals surface area contributed by atoms with Gasteiger partial charge in [-0.25, -0.2) is 0 Å². The number of likely N-dealkylation sites (tertiary alicyclic amines) is 1. The monoisotopic (exact) mass is 389 g/mol. The van der Waals surface area contributed by atoms with E-state index < -0.39 is 5.60 Å². The van der Waals surface area contributed by atoms with Crippen LogP contribution in [0.15, 0.2) is 48.5 Å². The van der Waals surface area contributed by atoms with Crippen molar-refractivity contribution in [2.24, 2.45) is 0 Å². The average molecular weight is 390 g/mol. The zero-order valence-electron chi connectivity index (χ0n) is 15.4. The molecule has 27 heavy (non-hydrogen) atoms. The van der Waals surface area contributed by atoms with Crippen molar-refractivity contribution < 1.29 is 19.4 Å². The van der Waals surface area contributed by atoms with Gasteiger partial charge in [0.2, 0.25) is 0 Å². The molecule has 0 radical (unpaired) electrons. The van der Waals surface area contributed by atoms with Crippen molar-refractivity contribution in [2.75, 3.05) is 26.8 Å². The van der Waals surface area contributed by atoms with Crippen LogP contribution in [0, 0.1) is 0 Å². The maximum Gasteiger partial charge on any atom is 0.253 e. The summed E-state index contributed by atoms with van der Waals surface area (Å²) in [7, 11) is 1.64. The molecule has 5 nitrogen and oxygen atoms in total. The van der Waals surface area contributed by atoms with Gasteiger partial charge < -0.3 is 19.5 Å². The average Bonchev–Trinajstić information content (AvgIpc) is 2.67. The highest BCUT2D eigenvalue weighted by atomic mass is 35.5. The SMILES string of the molecule is COCc1ccc(C(=O)N2CCCC(O)(COc3cccc(Cl)c3)C2)cc1. The van der Waals surface area contributed by atoms with Crippen molar-refractivity contribution >= 4 is 17.5 Å². The summed E-state index contributed by atoms with van der Waals surface area (Å²) in [6.07, 6.45) is 1.31. The van der Waals surface area contributed by atoms with Crippen LogP contribution in [-0.4, -0.2) is 48.3 Å². The molecule has 144 valence electrons. The summed E-state index contributed by atoms with van der Waals surface area (Å²) in [5.74, 6) is 0.521. The van der Waals surface area contributed by atoms with E-state index in [4.69, 9.17) is 21.1 Å². The van der Waals surface area contributed by atoms with E-state index in [2.05, 4.69) is 0 Å². The minimum atomic E-state index is -1.08. The molecule has 3 rings (SSSR count). The number of rotatable bonds is 6. The number of benzene rings is 2. The van der Waals surface area contributed by atoms with Gasteiger partial charge in [-0.1, -0.05) is 29.8 Å². The molecular weight excluding hydrogens is 366 g/mol. The molecule has 1 amide bonds. The van der Waals surface area contributed by atoms with Gasteiger partial charge in [0.15, 0.2) is 0 Å². The predicted octanol–water partition coefficient (Wildman–Crippen LogP) is 3.53. The van der Waals surface area contributed by atoms with E-state index in [1.54, 1.807) is 48.4 Å². The van der Waals surface area contributed by atoms with E-state index in [1.165, 1.54) is 0 Å². The molecule has 0 bridgehead atoms. The van der Waals surface area contributed by atoms with Crippen LogP contribution >= 0.6 is 11.6 Å². The summed E-state index contributed by atoms with van der Waals surface area (Å²) >= 11 is 5.96. The topological polar surface area (TPSA) is 59.0 Å². The Morgan fingerprint density at radius 3 is 2.74 bits per heavy atom. The zero-order chi connectivity index (χ0) is 19.3. The number of halogens is 1. The fourth-order valence-corrected chi connectivity index (χ4v) is 3.45. The first-order valence-corrected chi connectivity index (χ1v) is 9.35. The van der Waals surface area contributed by atoms with Crippen molar-refractivity contribution in [3.63, 3.8) is 0 Å². The van der Waals surface area contributed by atoms with Crippen LogP contribution < -0.4 is 4.74 Å². The molecule has 6 heteroatoms. The van der Waals surface area contributed by atoms with Crippen molar-refractivity contribution in [3.8, 4) is 5.75 Å². The summed E-state index contributed by atoms with van der Waals surface area (Å²) in [5, 5.41) is 11.5. The fourth-order valence-electron chi connectivity index (χ4n) is 3.27. The van der Waals surface area contributed by atoms with Gasteiger partial charge in [0.1, 0.15) is 18.0 Å². The first-order valence-electron chi connectivity index (χ1n) is 8.97. The normalized spacial score (nSPS) is 19.7. The molecule has 1 atom stereocenters. The van der Waals surface area contributed by atoms with Crippen LogP contribution in [-0.2, 0) is 11.3 Å².